The van der Waals surface area contributed by atoms with E-state index >= 15 is 0 Å². The van der Waals surface area contributed by atoms with Crippen molar-refractivity contribution < 1.29 is 0 Å². The third-order valence-electron chi connectivity index (χ3n) is 5.48. The maximum absolute atomic E-state index is 6.43. The maximum atomic E-state index is 6.43. The van der Waals surface area contributed by atoms with Crippen LogP contribution in [0.3, 0.4) is 0 Å². The van der Waals surface area contributed by atoms with Crippen LogP contribution in [0.1, 0.15) is 32.1 Å². The van der Waals surface area contributed by atoms with Gasteiger partial charge in [0.1, 0.15) is 5.66 Å². The van der Waals surface area contributed by atoms with Crippen LogP contribution in [0.2, 0.25) is 5.02 Å². The summed E-state index contributed by atoms with van der Waals surface area (Å²) in [4.78, 5) is 16.9. The standard InChI is InChI=1S/C21H21ClN6S2/c22-13-8-9-17(30-20-25-14-6-2-3-7-16(14)29-20)15(12-13)28-19(24)26-18(23)27-21(28)10-4-1-5-11-21/h2-3,6-9,12H,1,4-5,10-11H2,(H4,23,24,26,27). The van der Waals surface area contributed by atoms with Gasteiger partial charge in [0.25, 0.3) is 0 Å². The van der Waals surface area contributed by atoms with Crippen molar-refractivity contribution >= 4 is 62.5 Å². The van der Waals surface area contributed by atoms with Crippen LogP contribution in [0.25, 0.3) is 10.2 Å². The molecule has 1 spiro atoms. The summed E-state index contributed by atoms with van der Waals surface area (Å²) >= 11 is 9.70. The van der Waals surface area contributed by atoms with Crippen molar-refractivity contribution in [3.05, 3.63) is 47.5 Å². The fourth-order valence-electron chi connectivity index (χ4n) is 4.21. The van der Waals surface area contributed by atoms with Gasteiger partial charge in [0, 0.05) is 9.92 Å². The van der Waals surface area contributed by atoms with E-state index in [2.05, 4.69) is 11.1 Å². The average Bonchev–Trinajstić information content (AvgIpc) is 3.12. The zero-order valence-electron chi connectivity index (χ0n) is 16.2. The molecule has 0 radical (unpaired) electrons. The number of guanidine groups is 2. The Hall–Kier alpha value is -2.29. The van der Waals surface area contributed by atoms with Gasteiger partial charge in [0.2, 0.25) is 11.9 Å². The molecule has 154 valence electrons. The normalized spacial score (nSPS) is 18.5. The van der Waals surface area contributed by atoms with Crippen LogP contribution in [0, 0.1) is 0 Å². The van der Waals surface area contributed by atoms with E-state index in [1.165, 1.54) is 6.42 Å². The predicted molar refractivity (Wildman–Crippen MR) is 127 cm³/mol. The number of hydrogen-bond donors (Lipinski definition) is 2. The van der Waals surface area contributed by atoms with E-state index in [4.69, 9.17) is 33.0 Å². The minimum Gasteiger partial charge on any atom is -0.369 e. The molecule has 5 rings (SSSR count). The molecule has 3 aromatic rings. The molecule has 6 nitrogen and oxygen atoms in total. The molecule has 0 atom stereocenters. The Morgan fingerprint density at radius 3 is 2.67 bits per heavy atom. The molecule has 4 N–H and O–H groups in total. The van der Waals surface area contributed by atoms with E-state index in [1.807, 2.05) is 41.3 Å². The first-order chi connectivity index (χ1) is 14.5. The number of aromatic nitrogens is 1. The minimum absolute atomic E-state index is 0.244. The predicted octanol–water partition coefficient (Wildman–Crippen LogP) is 5.21. The van der Waals surface area contributed by atoms with E-state index < -0.39 is 5.66 Å². The Kier molecular flexibility index (Phi) is 5.08. The van der Waals surface area contributed by atoms with Gasteiger partial charge in [-0.15, -0.1) is 11.3 Å². The number of rotatable bonds is 3. The lowest BCUT2D eigenvalue weighted by Gasteiger charge is -2.46. The SMILES string of the molecule is NC1=NC2(CCCCC2)N(c2cc(Cl)ccc2Sc2nc3ccccc3s2)C(N)=N1. The molecule has 1 aromatic heterocycles. The number of anilines is 1. The number of fused-ring (bicyclic) bond motifs is 1. The Morgan fingerprint density at radius 2 is 1.87 bits per heavy atom. The molecule has 2 aromatic carbocycles. The van der Waals surface area contributed by atoms with Gasteiger partial charge in [-0.25, -0.2) is 9.98 Å². The monoisotopic (exact) mass is 456 g/mol. The van der Waals surface area contributed by atoms with Gasteiger partial charge in [0.15, 0.2) is 4.34 Å². The summed E-state index contributed by atoms with van der Waals surface area (Å²) in [6, 6.07) is 14.0. The quantitative estimate of drug-likeness (QED) is 0.564. The number of para-hydroxylation sites is 1. The number of aliphatic imine (C=N–C) groups is 2. The Labute approximate surface area is 188 Å². The van der Waals surface area contributed by atoms with E-state index in [0.29, 0.717) is 11.0 Å². The Balaban J connectivity index is 1.59. The van der Waals surface area contributed by atoms with E-state index in [9.17, 15) is 0 Å². The number of hydrogen-bond acceptors (Lipinski definition) is 8. The summed E-state index contributed by atoms with van der Waals surface area (Å²) in [5.41, 5.74) is 13.8. The van der Waals surface area contributed by atoms with Crippen LogP contribution in [0.5, 0.6) is 0 Å². The molecular formula is C21H21ClN6S2. The highest BCUT2D eigenvalue weighted by atomic mass is 35.5. The molecule has 0 unspecified atom stereocenters. The maximum Gasteiger partial charge on any atom is 0.220 e. The van der Waals surface area contributed by atoms with Crippen molar-refractivity contribution in [3.8, 4) is 0 Å². The first-order valence-electron chi connectivity index (χ1n) is 9.87. The van der Waals surface area contributed by atoms with E-state index in [-0.39, 0.29) is 5.96 Å². The van der Waals surface area contributed by atoms with Crippen LogP contribution in [0.4, 0.5) is 5.69 Å². The Bertz CT molecular complexity index is 1130. The lowest BCUT2D eigenvalue weighted by molar-refractivity contribution is 0.305. The van der Waals surface area contributed by atoms with Crippen LogP contribution in [0.15, 0.2) is 61.7 Å². The van der Waals surface area contributed by atoms with Crippen molar-refractivity contribution in [1.82, 2.24) is 4.98 Å². The number of benzene rings is 2. The molecule has 0 bridgehead atoms. The second-order valence-electron chi connectivity index (χ2n) is 7.48. The van der Waals surface area contributed by atoms with Gasteiger partial charge in [-0.2, -0.15) is 4.99 Å². The molecule has 30 heavy (non-hydrogen) atoms. The first kappa shape index (κ1) is 19.7. The van der Waals surface area contributed by atoms with Crippen molar-refractivity contribution in [1.29, 1.82) is 0 Å². The fraction of sp³-hybridized carbons (Fsp3) is 0.286. The number of nitrogens with zero attached hydrogens (tertiary/aromatic N) is 4. The number of thiazole rings is 1. The van der Waals surface area contributed by atoms with Gasteiger partial charge in [-0.3, -0.25) is 4.90 Å². The van der Waals surface area contributed by atoms with Crippen molar-refractivity contribution in [2.75, 3.05) is 4.90 Å². The lowest BCUT2D eigenvalue weighted by atomic mass is 9.87. The topological polar surface area (TPSA) is 92.9 Å². The third kappa shape index (κ3) is 3.53. The zero-order chi connectivity index (χ0) is 20.7. The highest BCUT2D eigenvalue weighted by molar-refractivity contribution is 8.01. The molecule has 1 saturated carbocycles. The molecule has 9 heteroatoms. The Morgan fingerprint density at radius 1 is 1.07 bits per heavy atom. The van der Waals surface area contributed by atoms with Crippen LogP contribution >= 0.6 is 34.7 Å². The summed E-state index contributed by atoms with van der Waals surface area (Å²) in [7, 11) is 0. The van der Waals surface area contributed by atoms with Gasteiger partial charge in [0.05, 0.1) is 15.9 Å². The molecular weight excluding hydrogens is 436 g/mol. The smallest absolute Gasteiger partial charge is 0.220 e. The molecule has 2 aliphatic rings. The van der Waals surface area contributed by atoms with Crippen LogP contribution in [-0.2, 0) is 0 Å². The van der Waals surface area contributed by atoms with Crippen LogP contribution in [-0.4, -0.2) is 22.6 Å². The van der Waals surface area contributed by atoms with Gasteiger partial charge in [-0.1, -0.05) is 41.9 Å². The zero-order valence-corrected chi connectivity index (χ0v) is 18.6. The highest BCUT2D eigenvalue weighted by Crippen LogP contribution is 2.45. The molecule has 0 saturated heterocycles. The van der Waals surface area contributed by atoms with Crippen molar-refractivity contribution in [2.24, 2.45) is 21.5 Å². The summed E-state index contributed by atoms with van der Waals surface area (Å²) in [6.45, 7) is 0. The van der Waals surface area contributed by atoms with Gasteiger partial charge < -0.3 is 11.5 Å². The summed E-state index contributed by atoms with van der Waals surface area (Å²) in [6.07, 6.45) is 5.08. The fourth-order valence-corrected chi connectivity index (χ4v) is 6.50. The van der Waals surface area contributed by atoms with Gasteiger partial charge >= 0.3 is 0 Å². The first-order valence-corrected chi connectivity index (χ1v) is 11.9. The molecule has 1 fully saturated rings. The largest absolute Gasteiger partial charge is 0.369 e. The third-order valence-corrected chi connectivity index (χ3v) is 7.88. The summed E-state index contributed by atoms with van der Waals surface area (Å²) in [5.74, 6) is 0.603. The number of halogens is 1. The average molecular weight is 457 g/mol. The molecule has 1 aliphatic carbocycles. The molecule has 2 heterocycles. The number of nitrogens with two attached hydrogens (primary N) is 2. The van der Waals surface area contributed by atoms with Gasteiger partial charge in [-0.05, 0) is 56.0 Å². The summed E-state index contributed by atoms with van der Waals surface area (Å²) < 4.78 is 2.13. The van der Waals surface area contributed by atoms with E-state index in [0.717, 1.165) is 50.8 Å². The van der Waals surface area contributed by atoms with E-state index in [1.54, 1.807) is 23.1 Å². The second-order valence-corrected chi connectivity index (χ2v) is 10.2. The minimum atomic E-state index is -0.512. The van der Waals surface area contributed by atoms with Crippen molar-refractivity contribution in [3.63, 3.8) is 0 Å². The molecule has 1 aliphatic heterocycles. The van der Waals surface area contributed by atoms with Crippen LogP contribution < -0.4 is 16.4 Å². The van der Waals surface area contributed by atoms with Crippen molar-refractivity contribution in [2.45, 2.75) is 47.0 Å². The highest BCUT2D eigenvalue weighted by Gasteiger charge is 2.43. The molecule has 0 amide bonds. The second kappa shape index (κ2) is 7.76. The lowest BCUT2D eigenvalue weighted by Crippen LogP contribution is -2.58. The summed E-state index contributed by atoms with van der Waals surface area (Å²) in [5, 5.41) is 0.639.